The number of para-hydroxylation sites is 3. The van der Waals surface area contributed by atoms with Gasteiger partial charge in [-0.05, 0) is 111 Å². The Balaban J connectivity index is 0.960. The van der Waals surface area contributed by atoms with Crippen LogP contribution in [0.25, 0.3) is 72.0 Å². The summed E-state index contributed by atoms with van der Waals surface area (Å²) in [7, 11) is 0. The molecule has 0 saturated carbocycles. The van der Waals surface area contributed by atoms with Gasteiger partial charge in [0.1, 0.15) is 0 Å². The summed E-state index contributed by atoms with van der Waals surface area (Å²) in [6.07, 6.45) is 0. The maximum atomic E-state index is 2.36. The van der Waals surface area contributed by atoms with Gasteiger partial charge in [-0.3, -0.25) is 0 Å². The molecule has 0 aliphatic heterocycles. The SMILES string of the molecule is c1ccc(-c2ccc(N(c3ccccc3)c3ccc(-c4ccccc4-c4ccc(-c5ccc6c(c5)c5ccccc5n6-c5ccccc5)cc4)cc3)cc2)cc1. The normalized spacial score (nSPS) is 11.2. The minimum Gasteiger partial charge on any atom is -0.311 e. The highest BCUT2D eigenvalue weighted by atomic mass is 15.1. The Hall–Kier alpha value is -7.42. The van der Waals surface area contributed by atoms with E-state index in [0.29, 0.717) is 0 Å². The van der Waals surface area contributed by atoms with E-state index in [0.717, 1.165) is 17.1 Å². The first-order valence-electron chi connectivity index (χ1n) is 19.2. The van der Waals surface area contributed by atoms with Crippen LogP contribution in [0.15, 0.2) is 231 Å². The number of rotatable bonds is 8. The molecule has 10 aromatic rings. The average Bonchev–Trinajstić information content (AvgIpc) is 3.62. The van der Waals surface area contributed by atoms with Crippen LogP contribution in [0, 0.1) is 0 Å². The van der Waals surface area contributed by atoms with Gasteiger partial charge in [0.15, 0.2) is 0 Å². The van der Waals surface area contributed by atoms with Crippen LogP contribution < -0.4 is 4.90 Å². The molecule has 0 aliphatic rings. The van der Waals surface area contributed by atoms with Gasteiger partial charge in [-0.25, -0.2) is 0 Å². The first-order chi connectivity index (χ1) is 27.8. The van der Waals surface area contributed by atoms with Gasteiger partial charge in [0.25, 0.3) is 0 Å². The number of fused-ring (bicyclic) bond motifs is 3. The maximum absolute atomic E-state index is 2.36. The van der Waals surface area contributed by atoms with E-state index in [9.17, 15) is 0 Å². The molecule has 0 spiro atoms. The van der Waals surface area contributed by atoms with E-state index < -0.39 is 0 Å². The Kier molecular flexibility index (Phi) is 8.55. The zero-order chi connectivity index (χ0) is 37.3. The van der Waals surface area contributed by atoms with Crippen LogP contribution >= 0.6 is 0 Å². The lowest BCUT2D eigenvalue weighted by Gasteiger charge is -2.26. The van der Waals surface area contributed by atoms with Crippen LogP contribution in [0.2, 0.25) is 0 Å². The largest absolute Gasteiger partial charge is 0.311 e. The van der Waals surface area contributed by atoms with Gasteiger partial charge in [-0.2, -0.15) is 0 Å². The first-order valence-corrected chi connectivity index (χ1v) is 19.2. The van der Waals surface area contributed by atoms with E-state index in [1.165, 1.54) is 72.0 Å². The molecule has 0 bridgehead atoms. The van der Waals surface area contributed by atoms with Crippen molar-refractivity contribution in [2.45, 2.75) is 0 Å². The van der Waals surface area contributed by atoms with Crippen molar-refractivity contribution >= 4 is 38.9 Å². The molecule has 1 heterocycles. The van der Waals surface area contributed by atoms with E-state index in [-0.39, 0.29) is 0 Å². The van der Waals surface area contributed by atoms with Gasteiger partial charge in [-0.1, -0.05) is 164 Å². The van der Waals surface area contributed by atoms with E-state index in [4.69, 9.17) is 0 Å². The summed E-state index contributed by atoms with van der Waals surface area (Å²) in [6, 6.07) is 82.9. The van der Waals surface area contributed by atoms with Crippen molar-refractivity contribution in [3.8, 4) is 50.2 Å². The molecular weight excluding hydrogens is 677 g/mol. The van der Waals surface area contributed by atoms with Crippen LogP contribution in [0.3, 0.4) is 0 Å². The Bertz CT molecular complexity index is 2910. The second-order valence-corrected chi connectivity index (χ2v) is 14.2. The van der Waals surface area contributed by atoms with Crippen LogP contribution in [-0.4, -0.2) is 4.57 Å². The van der Waals surface area contributed by atoms with Crippen molar-refractivity contribution in [2.24, 2.45) is 0 Å². The van der Waals surface area contributed by atoms with Crippen molar-refractivity contribution < 1.29 is 0 Å². The molecule has 0 unspecified atom stereocenters. The molecule has 10 rings (SSSR count). The highest BCUT2D eigenvalue weighted by Gasteiger charge is 2.16. The Morgan fingerprint density at radius 3 is 1.32 bits per heavy atom. The zero-order valence-corrected chi connectivity index (χ0v) is 30.8. The molecule has 2 nitrogen and oxygen atoms in total. The first kappa shape index (κ1) is 33.2. The molecule has 0 aliphatic carbocycles. The van der Waals surface area contributed by atoms with Gasteiger partial charge < -0.3 is 9.47 Å². The zero-order valence-electron chi connectivity index (χ0n) is 30.8. The van der Waals surface area contributed by atoms with Gasteiger partial charge in [0.2, 0.25) is 0 Å². The summed E-state index contributed by atoms with van der Waals surface area (Å²) in [5.74, 6) is 0. The lowest BCUT2D eigenvalue weighted by atomic mass is 9.93. The van der Waals surface area contributed by atoms with E-state index in [1.54, 1.807) is 0 Å². The number of aromatic nitrogens is 1. The molecule has 0 amide bonds. The molecule has 0 radical (unpaired) electrons. The van der Waals surface area contributed by atoms with Crippen LogP contribution in [0.4, 0.5) is 17.1 Å². The second kappa shape index (κ2) is 14.4. The monoisotopic (exact) mass is 714 g/mol. The summed E-state index contributed by atoms with van der Waals surface area (Å²) in [5, 5.41) is 2.52. The Morgan fingerprint density at radius 1 is 0.268 bits per heavy atom. The standard InChI is InChI=1S/C54H38N2/c1-4-14-39(15-5-1)40-28-33-47(34-29-40)55(45-16-6-2-7-17-45)48-35-30-43(31-36-48)50-21-11-10-20-49(50)42-26-24-41(25-27-42)44-32-37-54-52(38-44)51-22-12-13-23-53(51)56(54)46-18-8-3-9-19-46/h1-38H. The second-order valence-electron chi connectivity index (χ2n) is 14.2. The van der Waals surface area contributed by atoms with Gasteiger partial charge in [0, 0.05) is 33.5 Å². The smallest absolute Gasteiger partial charge is 0.0541 e. The van der Waals surface area contributed by atoms with Crippen molar-refractivity contribution in [1.29, 1.82) is 0 Å². The fraction of sp³-hybridized carbons (Fsp3) is 0. The highest BCUT2D eigenvalue weighted by Crippen LogP contribution is 2.40. The fourth-order valence-corrected chi connectivity index (χ4v) is 8.08. The minimum atomic E-state index is 1.11. The molecule has 264 valence electrons. The van der Waals surface area contributed by atoms with Gasteiger partial charge in [0.05, 0.1) is 11.0 Å². The topological polar surface area (TPSA) is 8.17 Å². The predicted octanol–water partition coefficient (Wildman–Crippen LogP) is 14.9. The van der Waals surface area contributed by atoms with Crippen LogP contribution in [0.5, 0.6) is 0 Å². The number of nitrogens with zero attached hydrogens (tertiary/aromatic N) is 2. The average molecular weight is 715 g/mol. The fourth-order valence-electron chi connectivity index (χ4n) is 8.08. The summed E-state index contributed by atoms with van der Waals surface area (Å²) >= 11 is 0. The third kappa shape index (κ3) is 6.14. The van der Waals surface area contributed by atoms with Crippen molar-refractivity contribution in [1.82, 2.24) is 4.57 Å². The summed E-state index contributed by atoms with van der Waals surface area (Å²) in [4.78, 5) is 2.32. The molecular formula is C54H38N2. The Labute approximate surface area is 327 Å². The third-order valence-corrected chi connectivity index (χ3v) is 10.8. The number of hydrogen-bond donors (Lipinski definition) is 0. The summed E-state index contributed by atoms with van der Waals surface area (Å²) in [6.45, 7) is 0. The lowest BCUT2D eigenvalue weighted by Crippen LogP contribution is -2.09. The van der Waals surface area contributed by atoms with E-state index >= 15 is 0 Å². The summed E-state index contributed by atoms with van der Waals surface area (Å²) in [5.41, 5.74) is 16.6. The third-order valence-electron chi connectivity index (χ3n) is 10.8. The van der Waals surface area contributed by atoms with Crippen LogP contribution in [0.1, 0.15) is 0 Å². The molecule has 2 heteroatoms. The molecule has 0 fully saturated rings. The maximum Gasteiger partial charge on any atom is 0.0541 e. The number of anilines is 3. The molecule has 1 aromatic heterocycles. The quantitative estimate of drug-likeness (QED) is 0.152. The van der Waals surface area contributed by atoms with Crippen LogP contribution in [-0.2, 0) is 0 Å². The molecule has 9 aromatic carbocycles. The van der Waals surface area contributed by atoms with Crippen molar-refractivity contribution in [2.75, 3.05) is 4.90 Å². The summed E-state index contributed by atoms with van der Waals surface area (Å²) < 4.78 is 2.36. The van der Waals surface area contributed by atoms with E-state index in [2.05, 4.69) is 240 Å². The molecule has 0 N–H and O–H groups in total. The van der Waals surface area contributed by atoms with Crippen molar-refractivity contribution in [3.05, 3.63) is 231 Å². The molecule has 0 atom stereocenters. The highest BCUT2D eigenvalue weighted by molar-refractivity contribution is 6.10. The predicted molar refractivity (Wildman–Crippen MR) is 237 cm³/mol. The van der Waals surface area contributed by atoms with E-state index in [1.807, 2.05) is 0 Å². The van der Waals surface area contributed by atoms with Crippen molar-refractivity contribution in [3.63, 3.8) is 0 Å². The van der Waals surface area contributed by atoms with Gasteiger partial charge >= 0.3 is 0 Å². The molecule has 56 heavy (non-hydrogen) atoms. The number of hydrogen-bond acceptors (Lipinski definition) is 1. The lowest BCUT2D eigenvalue weighted by molar-refractivity contribution is 1.18. The minimum absolute atomic E-state index is 1.11. The van der Waals surface area contributed by atoms with Gasteiger partial charge in [-0.15, -0.1) is 0 Å². The molecule has 0 saturated heterocycles. The number of benzene rings is 9. The Morgan fingerprint density at radius 2 is 0.679 bits per heavy atom.